The van der Waals surface area contributed by atoms with E-state index in [1.54, 1.807) is 25.3 Å². The number of nitrogens with one attached hydrogen (secondary N) is 1. The molecule has 1 saturated heterocycles. The van der Waals surface area contributed by atoms with Gasteiger partial charge in [-0.05, 0) is 19.1 Å². The van der Waals surface area contributed by atoms with E-state index in [9.17, 15) is 15.4 Å². The maximum absolute atomic E-state index is 11.6. The molecular weight excluding hydrogens is 388 g/mol. The summed E-state index contributed by atoms with van der Waals surface area (Å²) in [7, 11) is 1.55. The fourth-order valence-electron chi connectivity index (χ4n) is 3.22. The lowest BCUT2D eigenvalue weighted by atomic mass is 10.1. The first-order chi connectivity index (χ1) is 14.5. The molecule has 0 radical (unpaired) electrons. The Morgan fingerprint density at radius 2 is 2.20 bits per heavy atom. The highest BCUT2D eigenvalue weighted by Gasteiger charge is 2.21. The average molecular weight is 410 g/mol. The summed E-state index contributed by atoms with van der Waals surface area (Å²) in [5.74, 6) is 0.306. The van der Waals surface area contributed by atoms with Crippen molar-refractivity contribution >= 4 is 23.4 Å². The van der Waals surface area contributed by atoms with Crippen LogP contribution in [0.1, 0.15) is 22.4 Å². The Bertz CT molecular complexity index is 996. The fraction of sp³-hybridized carbons (Fsp3) is 0.350. The van der Waals surface area contributed by atoms with Crippen molar-refractivity contribution < 1.29 is 14.4 Å². The zero-order valence-corrected chi connectivity index (χ0v) is 16.8. The number of hydrazone groups is 1. The third-order valence-electron chi connectivity index (χ3n) is 4.57. The summed E-state index contributed by atoms with van der Waals surface area (Å²) in [6, 6.07) is 8.84. The summed E-state index contributed by atoms with van der Waals surface area (Å²) in [5, 5.41) is 25.1. The summed E-state index contributed by atoms with van der Waals surface area (Å²) < 4.78 is 10.4. The van der Waals surface area contributed by atoms with Crippen LogP contribution in [0, 0.1) is 28.4 Å². The van der Waals surface area contributed by atoms with Gasteiger partial charge in [-0.1, -0.05) is 6.07 Å². The Labute approximate surface area is 173 Å². The normalized spacial score (nSPS) is 14.0. The van der Waals surface area contributed by atoms with E-state index in [1.165, 1.54) is 12.3 Å². The molecule has 1 aliphatic heterocycles. The molecule has 0 spiro atoms. The molecule has 1 N–H and O–H groups in total. The second-order valence-corrected chi connectivity index (χ2v) is 6.67. The molecule has 0 atom stereocenters. The third kappa shape index (κ3) is 4.89. The Balaban J connectivity index is 1.82. The number of nitro benzene ring substituents is 1. The lowest BCUT2D eigenvalue weighted by Gasteiger charge is -2.28. The molecule has 0 unspecified atom stereocenters. The van der Waals surface area contributed by atoms with E-state index in [0.29, 0.717) is 60.2 Å². The van der Waals surface area contributed by atoms with Crippen LogP contribution < -0.4 is 10.3 Å². The number of nitro groups is 1. The minimum absolute atomic E-state index is 0.00891. The van der Waals surface area contributed by atoms with Gasteiger partial charge >= 0.3 is 0 Å². The van der Waals surface area contributed by atoms with Crippen molar-refractivity contribution in [2.75, 3.05) is 43.7 Å². The number of methoxy groups -OCH3 is 1. The maximum Gasteiger partial charge on any atom is 0.293 e. The zero-order chi connectivity index (χ0) is 21.5. The molecule has 10 nitrogen and oxygen atoms in total. The number of hydrogen-bond donors (Lipinski definition) is 1. The number of aromatic nitrogens is 1. The van der Waals surface area contributed by atoms with Crippen molar-refractivity contribution in [2.24, 2.45) is 5.10 Å². The molecule has 30 heavy (non-hydrogen) atoms. The highest BCUT2D eigenvalue weighted by Crippen LogP contribution is 2.29. The lowest BCUT2D eigenvalue weighted by Crippen LogP contribution is -2.36. The molecule has 1 aliphatic rings. The predicted molar refractivity (Wildman–Crippen MR) is 112 cm³/mol. The van der Waals surface area contributed by atoms with Crippen LogP contribution in [0.5, 0.6) is 0 Å². The quantitative estimate of drug-likeness (QED) is 0.419. The van der Waals surface area contributed by atoms with Crippen LogP contribution in [0.2, 0.25) is 0 Å². The van der Waals surface area contributed by atoms with E-state index < -0.39 is 4.92 Å². The largest absolute Gasteiger partial charge is 0.380 e. The molecule has 0 aliphatic carbocycles. The van der Waals surface area contributed by atoms with E-state index in [0.717, 1.165) is 0 Å². The molecule has 1 aromatic carbocycles. The van der Waals surface area contributed by atoms with Gasteiger partial charge in [0.2, 0.25) is 0 Å². The average Bonchev–Trinajstić information content (AvgIpc) is 2.74. The van der Waals surface area contributed by atoms with E-state index in [-0.39, 0.29) is 12.3 Å². The van der Waals surface area contributed by atoms with Gasteiger partial charge in [0.25, 0.3) is 5.69 Å². The Hall–Kier alpha value is -3.55. The number of aryl methyl sites for hydroxylation is 1. The van der Waals surface area contributed by atoms with Crippen LogP contribution in [0.25, 0.3) is 0 Å². The number of nitriles is 1. The number of pyridine rings is 1. The zero-order valence-electron chi connectivity index (χ0n) is 16.8. The van der Waals surface area contributed by atoms with Crippen LogP contribution in [-0.4, -0.2) is 49.5 Å². The van der Waals surface area contributed by atoms with Crippen molar-refractivity contribution in [3.63, 3.8) is 0 Å². The number of morpholine rings is 1. The number of ether oxygens (including phenoxy) is 2. The number of benzene rings is 1. The molecule has 0 saturated carbocycles. The van der Waals surface area contributed by atoms with Crippen LogP contribution >= 0.6 is 0 Å². The molecule has 156 valence electrons. The van der Waals surface area contributed by atoms with Crippen LogP contribution in [0.15, 0.2) is 29.4 Å². The smallest absolute Gasteiger partial charge is 0.293 e. The van der Waals surface area contributed by atoms with Gasteiger partial charge in [-0.25, -0.2) is 4.98 Å². The van der Waals surface area contributed by atoms with Crippen LogP contribution in [-0.2, 0) is 16.1 Å². The number of nitrogens with zero attached hydrogens (tertiary/aromatic N) is 5. The lowest BCUT2D eigenvalue weighted by molar-refractivity contribution is -0.384. The van der Waals surface area contributed by atoms with Gasteiger partial charge in [0.15, 0.2) is 5.82 Å². The number of rotatable bonds is 7. The topological polar surface area (TPSA) is 126 Å². The summed E-state index contributed by atoms with van der Waals surface area (Å²) in [5.41, 5.74) is 5.64. The van der Waals surface area contributed by atoms with Gasteiger partial charge in [0.05, 0.1) is 31.0 Å². The van der Waals surface area contributed by atoms with Crippen molar-refractivity contribution in [3.05, 3.63) is 56.8 Å². The Kier molecular flexibility index (Phi) is 6.90. The molecule has 1 aromatic heterocycles. The van der Waals surface area contributed by atoms with Gasteiger partial charge in [-0.15, -0.1) is 0 Å². The Morgan fingerprint density at radius 3 is 2.87 bits per heavy atom. The van der Waals surface area contributed by atoms with Crippen molar-refractivity contribution in [1.82, 2.24) is 4.98 Å². The van der Waals surface area contributed by atoms with Gasteiger partial charge < -0.3 is 14.4 Å². The molecule has 2 aromatic rings. The number of anilines is 2. The molecule has 10 heteroatoms. The molecule has 0 amide bonds. The molecule has 1 fully saturated rings. The second kappa shape index (κ2) is 9.78. The van der Waals surface area contributed by atoms with Crippen molar-refractivity contribution in [3.8, 4) is 6.07 Å². The first-order valence-electron chi connectivity index (χ1n) is 9.33. The van der Waals surface area contributed by atoms with Gasteiger partial charge in [-0.2, -0.15) is 10.4 Å². The standard InChI is InChI=1S/C20H22N6O4/c1-14-9-16(13-29-2)17(11-21)20(23-14)24-22-12-15-3-4-18(19(10-15)26(27)28)25-5-7-30-8-6-25/h3-4,9-10,12H,5-8,13H2,1-2H3,(H,23,24)/b22-12-. The third-order valence-corrected chi connectivity index (χ3v) is 4.57. The van der Waals surface area contributed by atoms with Crippen LogP contribution in [0.3, 0.4) is 0 Å². The first kappa shape index (κ1) is 21.2. The van der Waals surface area contributed by atoms with E-state index in [2.05, 4.69) is 21.6 Å². The first-order valence-corrected chi connectivity index (χ1v) is 9.33. The second-order valence-electron chi connectivity index (χ2n) is 6.67. The highest BCUT2D eigenvalue weighted by molar-refractivity contribution is 5.83. The van der Waals surface area contributed by atoms with Crippen molar-refractivity contribution in [1.29, 1.82) is 5.26 Å². The summed E-state index contributed by atoms with van der Waals surface area (Å²) in [6.07, 6.45) is 1.46. The fourth-order valence-corrected chi connectivity index (χ4v) is 3.22. The summed E-state index contributed by atoms with van der Waals surface area (Å²) >= 11 is 0. The minimum Gasteiger partial charge on any atom is -0.380 e. The van der Waals surface area contributed by atoms with Gasteiger partial charge in [0.1, 0.15) is 17.3 Å². The predicted octanol–water partition coefficient (Wildman–Crippen LogP) is 2.60. The van der Waals surface area contributed by atoms with Gasteiger partial charge in [-0.3, -0.25) is 15.5 Å². The van der Waals surface area contributed by atoms with Gasteiger partial charge in [0, 0.05) is 43.1 Å². The molecule has 3 rings (SSSR count). The highest BCUT2D eigenvalue weighted by atomic mass is 16.6. The van der Waals surface area contributed by atoms with E-state index >= 15 is 0 Å². The number of hydrogen-bond acceptors (Lipinski definition) is 9. The van der Waals surface area contributed by atoms with E-state index in [4.69, 9.17) is 9.47 Å². The van der Waals surface area contributed by atoms with Crippen molar-refractivity contribution in [2.45, 2.75) is 13.5 Å². The molecule has 2 heterocycles. The Morgan fingerprint density at radius 1 is 1.43 bits per heavy atom. The monoisotopic (exact) mass is 410 g/mol. The molecule has 0 bridgehead atoms. The minimum atomic E-state index is -0.400. The molecular formula is C20H22N6O4. The summed E-state index contributed by atoms with van der Waals surface area (Å²) in [4.78, 5) is 17.4. The SMILES string of the molecule is COCc1cc(C)nc(N/N=C\c2ccc(N3CCOCC3)c([N+](=O)[O-])c2)c1C#N. The maximum atomic E-state index is 11.6. The van der Waals surface area contributed by atoms with Crippen LogP contribution in [0.4, 0.5) is 17.2 Å². The van der Waals surface area contributed by atoms with E-state index in [1.807, 2.05) is 11.8 Å². The summed E-state index contributed by atoms with van der Waals surface area (Å²) in [6.45, 7) is 4.38.